The van der Waals surface area contributed by atoms with E-state index in [1.165, 1.54) is 0 Å². The van der Waals surface area contributed by atoms with Gasteiger partial charge in [-0.25, -0.2) is 0 Å². The van der Waals surface area contributed by atoms with Crippen LogP contribution in [0.15, 0.2) is 28.8 Å². The van der Waals surface area contributed by atoms with Gasteiger partial charge in [-0.05, 0) is 19.4 Å². The van der Waals surface area contributed by atoms with E-state index in [1.807, 2.05) is 38.1 Å². The molecule has 6 nitrogen and oxygen atoms in total. The minimum Gasteiger partial charge on any atom is -0.343 e. The number of nitrogens with zero attached hydrogens (tertiary/aromatic N) is 3. The molecule has 2 rings (SSSR count). The zero-order chi connectivity index (χ0) is 15.9. The van der Waals surface area contributed by atoms with E-state index in [4.69, 9.17) is 10.3 Å². The quantitative estimate of drug-likeness (QED) is 0.845. The van der Waals surface area contributed by atoms with Crippen LogP contribution in [0.1, 0.15) is 31.7 Å². The smallest absolute Gasteiger partial charge is 0.227 e. The fourth-order valence-corrected chi connectivity index (χ4v) is 2.21. The standard InChI is InChI=1S/C16H22N4O2/c1-3-20(4-2)15(21)10-9-14-18-16(19-22-14)13-7-5-12(11-17)6-8-13/h5-8H,3-4,9-11,17H2,1-2H3. The molecule has 1 heterocycles. The molecule has 0 aliphatic carbocycles. The molecule has 22 heavy (non-hydrogen) atoms. The lowest BCUT2D eigenvalue weighted by molar-refractivity contribution is -0.130. The third-order valence-electron chi connectivity index (χ3n) is 3.58. The van der Waals surface area contributed by atoms with Crippen molar-refractivity contribution in [3.63, 3.8) is 0 Å². The lowest BCUT2D eigenvalue weighted by Gasteiger charge is -2.17. The highest BCUT2D eigenvalue weighted by molar-refractivity contribution is 5.76. The number of aryl methyl sites for hydroxylation is 1. The SMILES string of the molecule is CCN(CC)C(=O)CCc1nc(-c2ccc(CN)cc2)no1. The van der Waals surface area contributed by atoms with Crippen LogP contribution in [0.25, 0.3) is 11.4 Å². The molecule has 0 bridgehead atoms. The van der Waals surface area contributed by atoms with Crippen LogP contribution in [-0.2, 0) is 17.8 Å². The monoisotopic (exact) mass is 302 g/mol. The Morgan fingerprint density at radius 3 is 2.50 bits per heavy atom. The Morgan fingerprint density at radius 1 is 1.23 bits per heavy atom. The Morgan fingerprint density at radius 2 is 1.91 bits per heavy atom. The molecule has 118 valence electrons. The summed E-state index contributed by atoms with van der Waals surface area (Å²) in [5.74, 6) is 1.13. The van der Waals surface area contributed by atoms with Gasteiger partial charge in [0.25, 0.3) is 0 Å². The van der Waals surface area contributed by atoms with Crippen LogP contribution in [-0.4, -0.2) is 34.0 Å². The van der Waals surface area contributed by atoms with Crippen LogP contribution < -0.4 is 5.73 Å². The van der Waals surface area contributed by atoms with E-state index >= 15 is 0 Å². The number of hydrogen-bond acceptors (Lipinski definition) is 5. The molecular weight excluding hydrogens is 280 g/mol. The van der Waals surface area contributed by atoms with Crippen LogP contribution in [0, 0.1) is 0 Å². The Kier molecular flexibility index (Phi) is 5.66. The molecule has 2 N–H and O–H groups in total. The van der Waals surface area contributed by atoms with Crippen LogP contribution in [0.3, 0.4) is 0 Å². The molecule has 1 aromatic carbocycles. The van der Waals surface area contributed by atoms with Crippen molar-refractivity contribution in [3.05, 3.63) is 35.7 Å². The van der Waals surface area contributed by atoms with Crippen molar-refractivity contribution in [2.75, 3.05) is 13.1 Å². The van der Waals surface area contributed by atoms with Gasteiger partial charge in [0, 0.05) is 38.0 Å². The number of carbonyl (C=O) groups excluding carboxylic acids is 1. The zero-order valence-corrected chi connectivity index (χ0v) is 13.1. The summed E-state index contributed by atoms with van der Waals surface area (Å²) in [7, 11) is 0. The Hall–Kier alpha value is -2.21. The molecular formula is C16H22N4O2. The van der Waals surface area contributed by atoms with E-state index in [0.717, 1.165) is 24.2 Å². The summed E-state index contributed by atoms with van der Waals surface area (Å²) in [6.45, 7) is 5.88. The second kappa shape index (κ2) is 7.70. The average molecular weight is 302 g/mol. The third-order valence-corrected chi connectivity index (χ3v) is 3.58. The summed E-state index contributed by atoms with van der Waals surface area (Å²) in [5, 5.41) is 3.96. The Bertz CT molecular complexity index is 603. The molecule has 0 saturated heterocycles. The number of amides is 1. The molecule has 0 aliphatic rings. The van der Waals surface area contributed by atoms with Crippen LogP contribution >= 0.6 is 0 Å². The second-order valence-electron chi connectivity index (χ2n) is 4.98. The number of rotatable bonds is 7. The zero-order valence-electron chi connectivity index (χ0n) is 13.1. The number of hydrogen-bond donors (Lipinski definition) is 1. The van der Waals surface area contributed by atoms with E-state index < -0.39 is 0 Å². The summed E-state index contributed by atoms with van der Waals surface area (Å²) >= 11 is 0. The van der Waals surface area contributed by atoms with Crippen molar-refractivity contribution in [3.8, 4) is 11.4 Å². The Labute approximate surface area is 130 Å². The van der Waals surface area contributed by atoms with Gasteiger partial charge in [0.05, 0.1) is 0 Å². The topological polar surface area (TPSA) is 85.2 Å². The average Bonchev–Trinajstić information content (AvgIpc) is 3.03. The van der Waals surface area contributed by atoms with Gasteiger partial charge in [-0.3, -0.25) is 4.79 Å². The molecule has 6 heteroatoms. The van der Waals surface area contributed by atoms with Gasteiger partial charge in [-0.1, -0.05) is 29.4 Å². The largest absolute Gasteiger partial charge is 0.343 e. The predicted molar refractivity (Wildman–Crippen MR) is 83.9 cm³/mol. The summed E-state index contributed by atoms with van der Waals surface area (Å²) < 4.78 is 5.22. The fourth-order valence-electron chi connectivity index (χ4n) is 2.21. The lowest BCUT2D eigenvalue weighted by atomic mass is 10.1. The molecule has 0 atom stereocenters. The first-order valence-corrected chi connectivity index (χ1v) is 7.57. The van der Waals surface area contributed by atoms with E-state index in [1.54, 1.807) is 4.90 Å². The summed E-state index contributed by atoms with van der Waals surface area (Å²) in [6, 6.07) is 7.71. The van der Waals surface area contributed by atoms with Gasteiger partial charge in [0.1, 0.15) is 0 Å². The maximum Gasteiger partial charge on any atom is 0.227 e. The minimum absolute atomic E-state index is 0.108. The molecule has 0 radical (unpaired) electrons. The van der Waals surface area contributed by atoms with Crippen molar-refractivity contribution < 1.29 is 9.32 Å². The van der Waals surface area contributed by atoms with Gasteiger partial charge in [-0.2, -0.15) is 4.98 Å². The first-order valence-electron chi connectivity index (χ1n) is 7.57. The fraction of sp³-hybridized carbons (Fsp3) is 0.438. The molecule has 0 aliphatic heterocycles. The summed E-state index contributed by atoms with van der Waals surface area (Å²) in [5.41, 5.74) is 7.50. The lowest BCUT2D eigenvalue weighted by Crippen LogP contribution is -2.30. The minimum atomic E-state index is 0.108. The molecule has 1 amide bonds. The first-order chi connectivity index (χ1) is 10.7. The van der Waals surface area contributed by atoms with E-state index in [0.29, 0.717) is 31.1 Å². The van der Waals surface area contributed by atoms with Crippen LogP contribution in [0.5, 0.6) is 0 Å². The highest BCUT2D eigenvalue weighted by Crippen LogP contribution is 2.17. The maximum absolute atomic E-state index is 12.0. The first kappa shape index (κ1) is 16.2. The second-order valence-corrected chi connectivity index (χ2v) is 4.98. The number of nitrogens with two attached hydrogens (primary N) is 1. The number of aromatic nitrogens is 2. The summed E-state index contributed by atoms with van der Waals surface area (Å²) in [4.78, 5) is 18.1. The van der Waals surface area contributed by atoms with Gasteiger partial charge in [0.15, 0.2) is 0 Å². The third kappa shape index (κ3) is 3.92. The van der Waals surface area contributed by atoms with Gasteiger partial charge < -0.3 is 15.2 Å². The summed E-state index contributed by atoms with van der Waals surface area (Å²) in [6.07, 6.45) is 0.846. The predicted octanol–water partition coefficient (Wildman–Crippen LogP) is 2.00. The van der Waals surface area contributed by atoms with Crippen LogP contribution in [0.2, 0.25) is 0 Å². The van der Waals surface area contributed by atoms with Crippen molar-refractivity contribution in [2.45, 2.75) is 33.2 Å². The number of carbonyl (C=O) groups is 1. The highest BCUT2D eigenvalue weighted by Gasteiger charge is 2.13. The van der Waals surface area contributed by atoms with Crippen LogP contribution in [0.4, 0.5) is 0 Å². The maximum atomic E-state index is 12.0. The van der Waals surface area contributed by atoms with Crippen molar-refractivity contribution in [1.29, 1.82) is 0 Å². The van der Waals surface area contributed by atoms with Gasteiger partial charge in [-0.15, -0.1) is 0 Å². The van der Waals surface area contributed by atoms with E-state index in [-0.39, 0.29) is 5.91 Å². The van der Waals surface area contributed by atoms with E-state index in [9.17, 15) is 4.79 Å². The number of benzene rings is 1. The van der Waals surface area contributed by atoms with Crippen molar-refractivity contribution in [1.82, 2.24) is 15.0 Å². The van der Waals surface area contributed by atoms with Gasteiger partial charge >= 0.3 is 0 Å². The van der Waals surface area contributed by atoms with Crippen molar-refractivity contribution >= 4 is 5.91 Å². The molecule has 0 unspecified atom stereocenters. The van der Waals surface area contributed by atoms with E-state index in [2.05, 4.69) is 10.1 Å². The van der Waals surface area contributed by atoms with Crippen molar-refractivity contribution in [2.24, 2.45) is 5.73 Å². The normalized spacial score (nSPS) is 10.7. The molecule has 0 fully saturated rings. The molecule has 1 aromatic heterocycles. The van der Waals surface area contributed by atoms with Gasteiger partial charge in [0.2, 0.25) is 17.6 Å². The molecule has 0 spiro atoms. The molecule has 2 aromatic rings. The highest BCUT2D eigenvalue weighted by atomic mass is 16.5. The Balaban J connectivity index is 1.97. The molecule has 0 saturated carbocycles.